The number of ketones is 1. The van der Waals surface area contributed by atoms with Gasteiger partial charge >= 0.3 is 0 Å². The third-order valence-corrected chi connectivity index (χ3v) is 7.02. The summed E-state index contributed by atoms with van der Waals surface area (Å²) in [4.78, 5) is 16.2. The number of hydrogen-bond acceptors (Lipinski definition) is 7. The first-order valence-corrected chi connectivity index (χ1v) is 11.6. The molecule has 5 rings (SSSR count). The lowest BCUT2D eigenvalue weighted by Crippen LogP contribution is -2.50. The third-order valence-electron chi connectivity index (χ3n) is 7.02. The first-order valence-electron chi connectivity index (χ1n) is 11.6. The largest absolute Gasteiger partial charge is 0.497 e. The summed E-state index contributed by atoms with van der Waals surface area (Å²) >= 11 is 0. The Bertz CT molecular complexity index is 1330. The first-order chi connectivity index (χ1) is 17.3. The fraction of sp³-hybridized carbons (Fsp3) is 0.276. The summed E-state index contributed by atoms with van der Waals surface area (Å²) in [6, 6.07) is 20.2. The van der Waals surface area contributed by atoms with Crippen LogP contribution in [0.15, 0.2) is 78.5 Å². The van der Waals surface area contributed by atoms with E-state index in [4.69, 9.17) is 18.9 Å². The summed E-state index contributed by atoms with van der Waals surface area (Å²) in [7, 11) is 8.32. The molecule has 0 bridgehead atoms. The van der Waals surface area contributed by atoms with E-state index in [9.17, 15) is 9.90 Å². The fourth-order valence-corrected chi connectivity index (χ4v) is 5.57. The Labute approximate surface area is 210 Å². The van der Waals surface area contributed by atoms with Crippen molar-refractivity contribution in [1.82, 2.24) is 4.90 Å². The minimum Gasteiger partial charge on any atom is -0.497 e. The molecule has 7 heteroatoms. The molecule has 1 heterocycles. The number of aliphatic hydroxyl groups is 1. The molecule has 0 aromatic heterocycles. The van der Waals surface area contributed by atoms with Crippen LogP contribution in [0, 0.1) is 0 Å². The maximum atomic E-state index is 14.4. The second-order valence-electron chi connectivity index (χ2n) is 9.20. The number of carbonyl (C=O) groups excluding carboxylic acids is 1. The van der Waals surface area contributed by atoms with Crippen molar-refractivity contribution in [3.63, 3.8) is 0 Å². The molecule has 0 radical (unpaired) electrons. The number of fused-ring (bicyclic) bond motifs is 3. The quantitative estimate of drug-likeness (QED) is 0.527. The monoisotopic (exact) mass is 487 g/mol. The lowest BCUT2D eigenvalue weighted by atomic mass is 9.71. The summed E-state index contributed by atoms with van der Waals surface area (Å²) < 4.78 is 23.3. The second-order valence-corrected chi connectivity index (χ2v) is 9.20. The third kappa shape index (κ3) is 3.12. The molecule has 3 atom stereocenters. The first kappa shape index (κ1) is 23.8. The van der Waals surface area contributed by atoms with Crippen LogP contribution in [0.5, 0.6) is 23.0 Å². The van der Waals surface area contributed by atoms with E-state index < -0.39 is 22.9 Å². The highest BCUT2D eigenvalue weighted by Crippen LogP contribution is 2.68. The predicted octanol–water partition coefficient (Wildman–Crippen LogP) is 4.00. The van der Waals surface area contributed by atoms with Gasteiger partial charge in [-0.25, -0.2) is 0 Å². The molecule has 1 aliphatic heterocycles. The highest BCUT2D eigenvalue weighted by atomic mass is 16.5. The lowest BCUT2D eigenvalue weighted by Gasteiger charge is -2.39. The highest BCUT2D eigenvalue weighted by Gasteiger charge is 2.76. The maximum absolute atomic E-state index is 14.4. The van der Waals surface area contributed by atoms with E-state index in [0.29, 0.717) is 34.1 Å². The van der Waals surface area contributed by atoms with Crippen LogP contribution in [0.2, 0.25) is 0 Å². The topological polar surface area (TPSA) is 77.5 Å². The lowest BCUT2D eigenvalue weighted by molar-refractivity contribution is -0.150. The van der Waals surface area contributed by atoms with Crippen molar-refractivity contribution in [1.29, 1.82) is 0 Å². The molecule has 3 aromatic rings. The van der Waals surface area contributed by atoms with Crippen LogP contribution in [0.1, 0.15) is 22.6 Å². The number of methoxy groups -OCH3 is 3. The Morgan fingerprint density at radius 3 is 2.17 bits per heavy atom. The van der Waals surface area contributed by atoms with Gasteiger partial charge in [-0.2, -0.15) is 0 Å². The van der Waals surface area contributed by atoms with E-state index in [-0.39, 0.29) is 5.56 Å². The molecule has 0 amide bonds. The molecule has 1 aliphatic carbocycles. The maximum Gasteiger partial charge on any atom is 0.204 e. The summed E-state index contributed by atoms with van der Waals surface area (Å²) in [5, 5.41) is 12.7. The van der Waals surface area contributed by atoms with Crippen LogP contribution in [-0.2, 0) is 16.0 Å². The Hall–Kier alpha value is -3.97. The minimum absolute atomic E-state index is 0.287. The molecule has 36 heavy (non-hydrogen) atoms. The zero-order chi connectivity index (χ0) is 25.7. The van der Waals surface area contributed by atoms with Gasteiger partial charge < -0.3 is 29.0 Å². The summed E-state index contributed by atoms with van der Waals surface area (Å²) in [6.07, 6.45) is 1.76. The minimum atomic E-state index is -2.07. The SMILES string of the molecule is COc1ccc(C23Oc4cc(OC)cc(OC)c4C2(O)C(=O)/C(=C/N(C)C)C3c2ccccc2)cc1. The van der Waals surface area contributed by atoms with Gasteiger partial charge in [-0.15, -0.1) is 0 Å². The zero-order valence-electron chi connectivity index (χ0n) is 20.9. The van der Waals surface area contributed by atoms with Gasteiger partial charge in [0, 0.05) is 43.6 Å². The molecular weight excluding hydrogens is 458 g/mol. The molecule has 1 saturated carbocycles. The standard InChI is InChI=1S/C29H29NO6/c1-30(2)17-22-25(18-9-7-6-8-10-18)29(19-11-13-20(33-3)14-12-19)28(32,27(22)31)26-23(35-5)15-21(34-4)16-24(26)36-29/h6-17,25,32H,1-5H3/b22-17+. The summed E-state index contributed by atoms with van der Waals surface area (Å²) in [6.45, 7) is 0. The molecule has 186 valence electrons. The number of rotatable bonds is 6. The molecule has 2 aliphatic rings. The van der Waals surface area contributed by atoms with Gasteiger partial charge in [0.25, 0.3) is 0 Å². The Balaban J connectivity index is 1.90. The van der Waals surface area contributed by atoms with Crippen molar-refractivity contribution < 1.29 is 28.8 Å². The number of nitrogens with zero attached hydrogens (tertiary/aromatic N) is 1. The van der Waals surface area contributed by atoms with Crippen LogP contribution in [-0.4, -0.2) is 51.2 Å². The molecule has 1 fully saturated rings. The number of Topliss-reactive ketones (excluding diaryl/α,β-unsaturated/α-hetero) is 1. The number of hydrogen-bond donors (Lipinski definition) is 1. The summed E-state index contributed by atoms with van der Waals surface area (Å²) in [5.41, 5.74) is -1.39. The van der Waals surface area contributed by atoms with Crippen molar-refractivity contribution in [2.24, 2.45) is 0 Å². The van der Waals surface area contributed by atoms with Crippen molar-refractivity contribution in [3.8, 4) is 23.0 Å². The normalized spacial score (nSPS) is 25.2. The van der Waals surface area contributed by atoms with Crippen LogP contribution >= 0.6 is 0 Å². The summed E-state index contributed by atoms with van der Waals surface area (Å²) in [5.74, 6) is 0.722. The van der Waals surface area contributed by atoms with E-state index in [0.717, 1.165) is 5.56 Å². The number of benzene rings is 3. The average molecular weight is 488 g/mol. The van der Waals surface area contributed by atoms with Crippen molar-refractivity contribution in [2.75, 3.05) is 35.4 Å². The van der Waals surface area contributed by atoms with E-state index in [1.165, 1.54) is 7.11 Å². The molecule has 0 saturated heterocycles. The van der Waals surface area contributed by atoms with Crippen molar-refractivity contribution in [3.05, 3.63) is 95.2 Å². The van der Waals surface area contributed by atoms with Gasteiger partial charge in [0.1, 0.15) is 23.0 Å². The van der Waals surface area contributed by atoms with Gasteiger partial charge in [-0.3, -0.25) is 4.79 Å². The molecule has 3 unspecified atom stereocenters. The second kappa shape index (κ2) is 8.60. The van der Waals surface area contributed by atoms with Gasteiger partial charge in [-0.05, 0) is 17.7 Å². The van der Waals surface area contributed by atoms with Crippen LogP contribution in [0.25, 0.3) is 0 Å². The number of carbonyl (C=O) groups is 1. The van der Waals surface area contributed by atoms with Crippen molar-refractivity contribution >= 4 is 5.78 Å². The van der Waals surface area contributed by atoms with E-state index in [2.05, 4.69) is 0 Å². The molecule has 0 spiro atoms. The molecule has 3 aromatic carbocycles. The Kier molecular flexibility index (Phi) is 5.68. The highest BCUT2D eigenvalue weighted by molar-refractivity contribution is 6.10. The van der Waals surface area contributed by atoms with E-state index in [1.807, 2.05) is 61.5 Å². The van der Waals surface area contributed by atoms with Crippen LogP contribution < -0.4 is 18.9 Å². The predicted molar refractivity (Wildman–Crippen MR) is 135 cm³/mol. The molecule has 1 N–H and O–H groups in total. The van der Waals surface area contributed by atoms with E-state index >= 15 is 0 Å². The number of ether oxygens (including phenoxy) is 4. The van der Waals surface area contributed by atoms with Crippen LogP contribution in [0.3, 0.4) is 0 Å². The smallest absolute Gasteiger partial charge is 0.204 e. The average Bonchev–Trinajstić information content (AvgIpc) is 3.26. The Morgan fingerprint density at radius 1 is 0.917 bits per heavy atom. The van der Waals surface area contributed by atoms with Gasteiger partial charge in [-0.1, -0.05) is 42.5 Å². The molecule has 7 nitrogen and oxygen atoms in total. The van der Waals surface area contributed by atoms with Gasteiger partial charge in [0.05, 0.1) is 32.8 Å². The Morgan fingerprint density at radius 2 is 1.58 bits per heavy atom. The van der Waals surface area contributed by atoms with Gasteiger partial charge in [0.15, 0.2) is 5.60 Å². The zero-order valence-corrected chi connectivity index (χ0v) is 20.9. The van der Waals surface area contributed by atoms with E-state index in [1.54, 1.807) is 44.7 Å². The van der Waals surface area contributed by atoms with Crippen LogP contribution in [0.4, 0.5) is 0 Å². The van der Waals surface area contributed by atoms with Crippen molar-refractivity contribution in [2.45, 2.75) is 17.1 Å². The molecular formula is C29H29NO6. The fourth-order valence-electron chi connectivity index (χ4n) is 5.57. The van der Waals surface area contributed by atoms with Gasteiger partial charge in [0.2, 0.25) is 11.4 Å².